The van der Waals surface area contributed by atoms with Crippen LogP contribution in [0.2, 0.25) is 19.6 Å². The van der Waals surface area contributed by atoms with Gasteiger partial charge in [-0.05, 0) is 35.4 Å². The second kappa shape index (κ2) is 7.11. The number of allylic oxidation sites excluding steroid dienone is 1. The molecule has 1 N–H and O–H groups in total. The number of nitrogens with zero attached hydrogens (tertiary/aromatic N) is 1. The predicted octanol–water partition coefficient (Wildman–Crippen LogP) is 4.99. The molecule has 0 spiro atoms. The largest absolute Gasteiger partial charge is 0.507 e. The Hall–Kier alpha value is -1.59. The first-order chi connectivity index (χ1) is 11.1. The van der Waals surface area contributed by atoms with Gasteiger partial charge in [0.2, 0.25) is 0 Å². The lowest BCUT2D eigenvalue weighted by atomic mass is 9.96. The van der Waals surface area contributed by atoms with Gasteiger partial charge in [-0.15, -0.1) is 0 Å². The molecule has 1 amide bonds. The van der Waals surface area contributed by atoms with Gasteiger partial charge in [0.05, 0.1) is 13.6 Å². The minimum Gasteiger partial charge on any atom is -0.507 e. The zero-order valence-electron chi connectivity index (χ0n) is 14.9. The third-order valence-corrected chi connectivity index (χ3v) is 5.48. The standard InChI is InChI=1S/C19H24BrNO2Si/c1-21(2)19(23)17-12-13-11-14(20)8-9-15(13)16(18(17)22)7-6-10-24(3,4)5/h6,8-12,22H,7H2,1-5H3/b10-6-. The number of carbonyl (C=O) groups is 1. The van der Waals surface area contributed by atoms with Crippen LogP contribution in [0.5, 0.6) is 5.75 Å². The van der Waals surface area contributed by atoms with Crippen molar-refractivity contribution in [2.75, 3.05) is 14.1 Å². The molecule has 0 saturated heterocycles. The van der Waals surface area contributed by atoms with Crippen molar-refractivity contribution in [3.05, 3.63) is 51.6 Å². The van der Waals surface area contributed by atoms with E-state index in [1.807, 2.05) is 18.2 Å². The monoisotopic (exact) mass is 405 g/mol. The first-order valence-electron chi connectivity index (χ1n) is 7.93. The molecule has 2 rings (SSSR count). The molecule has 0 aliphatic carbocycles. The van der Waals surface area contributed by atoms with Crippen LogP contribution in [0.25, 0.3) is 10.8 Å². The maximum Gasteiger partial charge on any atom is 0.257 e. The van der Waals surface area contributed by atoms with Crippen LogP contribution in [-0.2, 0) is 6.42 Å². The fourth-order valence-corrected chi connectivity index (χ4v) is 3.79. The number of fused-ring (bicyclic) bond motifs is 1. The van der Waals surface area contributed by atoms with Gasteiger partial charge in [-0.3, -0.25) is 4.79 Å². The van der Waals surface area contributed by atoms with Gasteiger partial charge in [0.15, 0.2) is 0 Å². The summed E-state index contributed by atoms with van der Waals surface area (Å²) in [6, 6.07) is 7.69. The van der Waals surface area contributed by atoms with Gasteiger partial charge in [0, 0.05) is 24.1 Å². The Morgan fingerprint density at radius 3 is 2.50 bits per heavy atom. The van der Waals surface area contributed by atoms with E-state index in [0.717, 1.165) is 20.8 Å². The summed E-state index contributed by atoms with van der Waals surface area (Å²) >= 11 is 3.48. The Morgan fingerprint density at radius 1 is 1.25 bits per heavy atom. The number of phenols is 1. The van der Waals surface area contributed by atoms with Gasteiger partial charge < -0.3 is 10.0 Å². The topological polar surface area (TPSA) is 40.5 Å². The zero-order chi connectivity index (χ0) is 18.1. The predicted molar refractivity (Wildman–Crippen MR) is 108 cm³/mol. The fourth-order valence-electron chi connectivity index (χ4n) is 2.58. The normalized spacial score (nSPS) is 12.1. The zero-order valence-corrected chi connectivity index (χ0v) is 17.4. The molecule has 0 radical (unpaired) electrons. The average molecular weight is 406 g/mol. The molecule has 0 saturated carbocycles. The summed E-state index contributed by atoms with van der Waals surface area (Å²) in [6.45, 7) is 6.81. The molecule has 0 bridgehead atoms. The lowest BCUT2D eigenvalue weighted by molar-refractivity contribution is 0.0824. The number of carbonyl (C=O) groups excluding carboxylic acids is 1. The summed E-state index contributed by atoms with van der Waals surface area (Å²) in [5.41, 5.74) is 3.42. The van der Waals surface area contributed by atoms with Crippen molar-refractivity contribution in [2.45, 2.75) is 26.1 Å². The minimum absolute atomic E-state index is 0.0868. The quantitative estimate of drug-likeness (QED) is 0.727. The van der Waals surface area contributed by atoms with Crippen LogP contribution in [0.4, 0.5) is 0 Å². The van der Waals surface area contributed by atoms with E-state index in [2.05, 4.69) is 47.3 Å². The van der Waals surface area contributed by atoms with Crippen molar-refractivity contribution in [1.82, 2.24) is 4.90 Å². The van der Waals surface area contributed by atoms with Gasteiger partial charge in [0.1, 0.15) is 5.75 Å². The number of aromatic hydroxyl groups is 1. The van der Waals surface area contributed by atoms with Gasteiger partial charge in [-0.25, -0.2) is 0 Å². The van der Waals surface area contributed by atoms with Crippen LogP contribution >= 0.6 is 15.9 Å². The van der Waals surface area contributed by atoms with Gasteiger partial charge >= 0.3 is 0 Å². The van der Waals surface area contributed by atoms with Gasteiger partial charge in [-0.1, -0.05) is 53.4 Å². The van der Waals surface area contributed by atoms with Crippen molar-refractivity contribution < 1.29 is 9.90 Å². The maximum absolute atomic E-state index is 12.4. The molecule has 0 heterocycles. The van der Waals surface area contributed by atoms with Gasteiger partial charge in [-0.2, -0.15) is 0 Å². The first-order valence-corrected chi connectivity index (χ1v) is 12.3. The molecule has 0 unspecified atom stereocenters. The van der Waals surface area contributed by atoms with Crippen molar-refractivity contribution in [1.29, 1.82) is 0 Å². The molecule has 128 valence electrons. The number of benzene rings is 2. The lowest BCUT2D eigenvalue weighted by Gasteiger charge is -2.16. The highest BCUT2D eigenvalue weighted by Crippen LogP contribution is 2.34. The fraction of sp³-hybridized carbons (Fsp3) is 0.316. The van der Waals surface area contributed by atoms with E-state index in [-0.39, 0.29) is 11.7 Å². The number of hydrogen-bond acceptors (Lipinski definition) is 2. The van der Waals surface area contributed by atoms with E-state index in [9.17, 15) is 9.90 Å². The van der Waals surface area contributed by atoms with Crippen LogP contribution in [0.3, 0.4) is 0 Å². The smallest absolute Gasteiger partial charge is 0.257 e. The third kappa shape index (κ3) is 4.27. The summed E-state index contributed by atoms with van der Waals surface area (Å²) < 4.78 is 0.951. The molecule has 3 nitrogen and oxygen atoms in total. The Balaban J connectivity index is 2.63. The SMILES string of the molecule is CN(C)C(=O)c1cc2cc(Br)ccc2c(C/C=C\[Si](C)(C)C)c1O. The Morgan fingerprint density at radius 2 is 1.92 bits per heavy atom. The molecule has 2 aromatic carbocycles. The molecule has 0 aliphatic heterocycles. The highest BCUT2D eigenvalue weighted by molar-refractivity contribution is 9.10. The maximum atomic E-state index is 12.4. The van der Waals surface area contributed by atoms with E-state index in [1.54, 1.807) is 20.2 Å². The van der Waals surface area contributed by atoms with Crippen molar-refractivity contribution >= 4 is 40.7 Å². The van der Waals surface area contributed by atoms with Crippen LogP contribution in [0.15, 0.2) is 40.5 Å². The molecule has 0 atom stereocenters. The minimum atomic E-state index is -1.30. The molecular formula is C19H24BrNO2Si. The van der Waals surface area contributed by atoms with Crippen LogP contribution in [0.1, 0.15) is 15.9 Å². The molecule has 5 heteroatoms. The first kappa shape index (κ1) is 18.7. The van der Waals surface area contributed by atoms with Gasteiger partial charge in [0.25, 0.3) is 5.91 Å². The summed E-state index contributed by atoms with van der Waals surface area (Å²) in [6.07, 6.45) is 2.73. The lowest BCUT2D eigenvalue weighted by Crippen LogP contribution is -2.22. The number of rotatable bonds is 4. The van der Waals surface area contributed by atoms with E-state index in [4.69, 9.17) is 0 Å². The van der Waals surface area contributed by atoms with Crippen LogP contribution in [-0.4, -0.2) is 38.1 Å². The Kier molecular flexibility index (Phi) is 5.55. The van der Waals surface area contributed by atoms with Crippen molar-refractivity contribution in [3.63, 3.8) is 0 Å². The highest BCUT2D eigenvalue weighted by atomic mass is 79.9. The number of phenolic OH excluding ortho intramolecular Hbond substituents is 1. The number of amides is 1. The summed E-state index contributed by atoms with van der Waals surface area (Å²) in [5, 5.41) is 12.6. The second-order valence-electron chi connectivity index (χ2n) is 7.29. The third-order valence-electron chi connectivity index (χ3n) is 3.76. The molecule has 0 aromatic heterocycles. The van der Waals surface area contributed by atoms with E-state index >= 15 is 0 Å². The summed E-state index contributed by atoms with van der Waals surface area (Å²) in [7, 11) is 2.08. The summed E-state index contributed by atoms with van der Waals surface area (Å²) in [5.74, 6) is -0.103. The summed E-state index contributed by atoms with van der Waals surface area (Å²) in [4.78, 5) is 13.9. The molecule has 2 aromatic rings. The van der Waals surface area contributed by atoms with Crippen molar-refractivity contribution in [3.8, 4) is 5.75 Å². The van der Waals surface area contributed by atoms with E-state index in [0.29, 0.717) is 12.0 Å². The van der Waals surface area contributed by atoms with Crippen molar-refractivity contribution in [2.24, 2.45) is 0 Å². The number of hydrogen-bond donors (Lipinski definition) is 1. The molecule has 0 fully saturated rings. The Bertz CT molecular complexity index is 807. The molecular weight excluding hydrogens is 382 g/mol. The highest BCUT2D eigenvalue weighted by Gasteiger charge is 2.19. The van der Waals surface area contributed by atoms with E-state index in [1.165, 1.54) is 4.90 Å². The van der Waals surface area contributed by atoms with E-state index < -0.39 is 8.07 Å². The Labute approximate surface area is 153 Å². The average Bonchev–Trinajstić information content (AvgIpc) is 2.47. The number of halogens is 1. The molecule has 24 heavy (non-hydrogen) atoms. The van der Waals surface area contributed by atoms with Crippen LogP contribution in [0, 0.1) is 0 Å². The second-order valence-corrected chi connectivity index (χ2v) is 13.3. The molecule has 0 aliphatic rings. The van der Waals surface area contributed by atoms with Crippen LogP contribution < -0.4 is 0 Å².